The Morgan fingerprint density at radius 3 is 1.27 bits per heavy atom. The standard InChI is InChI=1S/C50H86O6/c1-4-7-10-13-16-19-21-23-25-27-28-31-34-37-40-43-49(52)55-46-47(45-54-48(51)42-39-36-33-30-18-15-12-9-6-3)56-50(53)44-41-38-35-32-29-26-24-22-20-17-14-11-8-5-2/h7-8,10-11,13,16-17,19-21,47H,4-6,9,12,14-15,18,22-46H2,1-3H3/b10-7-,11-8-,16-13-,20-17-,21-19-. The van der Waals surface area contributed by atoms with Gasteiger partial charge in [-0.25, -0.2) is 0 Å². The lowest BCUT2D eigenvalue weighted by Crippen LogP contribution is -2.30. The molecule has 0 aliphatic carbocycles. The van der Waals surface area contributed by atoms with Crippen LogP contribution in [0.1, 0.15) is 220 Å². The van der Waals surface area contributed by atoms with Gasteiger partial charge >= 0.3 is 17.9 Å². The molecule has 56 heavy (non-hydrogen) atoms. The van der Waals surface area contributed by atoms with Gasteiger partial charge in [0, 0.05) is 19.3 Å². The Labute approximate surface area is 345 Å². The quantitative estimate of drug-likeness (QED) is 0.0202. The number of esters is 3. The Bertz CT molecular complexity index is 1040. The summed E-state index contributed by atoms with van der Waals surface area (Å²) in [6.45, 7) is 6.36. The Balaban J connectivity index is 4.37. The topological polar surface area (TPSA) is 78.9 Å². The highest BCUT2D eigenvalue weighted by Gasteiger charge is 2.19. The molecule has 0 aromatic carbocycles. The minimum Gasteiger partial charge on any atom is -0.462 e. The van der Waals surface area contributed by atoms with E-state index in [0.717, 1.165) is 89.9 Å². The van der Waals surface area contributed by atoms with Crippen LogP contribution in [-0.2, 0) is 28.6 Å². The first-order chi connectivity index (χ1) is 27.5. The Hall–Kier alpha value is -2.89. The molecule has 0 rings (SSSR count). The zero-order chi connectivity index (χ0) is 40.8. The van der Waals surface area contributed by atoms with Gasteiger partial charge in [-0.15, -0.1) is 0 Å². The maximum atomic E-state index is 12.7. The summed E-state index contributed by atoms with van der Waals surface area (Å²) in [6.07, 6.45) is 53.4. The number of ether oxygens (including phenoxy) is 3. The molecule has 0 N–H and O–H groups in total. The normalized spacial score (nSPS) is 12.6. The summed E-state index contributed by atoms with van der Waals surface area (Å²) < 4.78 is 16.7. The van der Waals surface area contributed by atoms with E-state index in [1.54, 1.807) is 0 Å². The van der Waals surface area contributed by atoms with Crippen LogP contribution in [0.15, 0.2) is 60.8 Å². The molecule has 1 atom stereocenters. The first-order valence-electron chi connectivity index (χ1n) is 23.3. The van der Waals surface area contributed by atoms with Gasteiger partial charge in [0.15, 0.2) is 6.10 Å². The molecule has 0 radical (unpaired) electrons. The Morgan fingerprint density at radius 2 is 0.786 bits per heavy atom. The summed E-state index contributed by atoms with van der Waals surface area (Å²) >= 11 is 0. The fourth-order valence-electron chi connectivity index (χ4n) is 6.36. The number of hydrogen-bond donors (Lipinski definition) is 0. The van der Waals surface area contributed by atoms with Crippen LogP contribution in [0.25, 0.3) is 0 Å². The number of carbonyl (C=O) groups excluding carboxylic acids is 3. The van der Waals surface area contributed by atoms with Crippen LogP contribution in [0.3, 0.4) is 0 Å². The molecule has 6 heteroatoms. The van der Waals surface area contributed by atoms with Gasteiger partial charge in [0.2, 0.25) is 0 Å². The molecule has 0 fully saturated rings. The molecule has 0 saturated carbocycles. The minimum absolute atomic E-state index is 0.0806. The largest absolute Gasteiger partial charge is 0.462 e. The summed E-state index contributed by atoms with van der Waals surface area (Å²) in [7, 11) is 0. The molecular weight excluding hydrogens is 697 g/mol. The predicted molar refractivity (Wildman–Crippen MR) is 238 cm³/mol. The summed E-state index contributed by atoms with van der Waals surface area (Å²) in [6, 6.07) is 0. The third-order valence-corrected chi connectivity index (χ3v) is 9.83. The van der Waals surface area contributed by atoms with Gasteiger partial charge in [0.1, 0.15) is 13.2 Å². The second-order valence-electron chi connectivity index (χ2n) is 15.3. The monoisotopic (exact) mass is 783 g/mol. The molecule has 0 aromatic rings. The second-order valence-corrected chi connectivity index (χ2v) is 15.3. The van der Waals surface area contributed by atoms with Crippen LogP contribution in [0.4, 0.5) is 0 Å². The highest BCUT2D eigenvalue weighted by Crippen LogP contribution is 2.14. The maximum Gasteiger partial charge on any atom is 0.306 e. The highest BCUT2D eigenvalue weighted by molar-refractivity contribution is 5.71. The lowest BCUT2D eigenvalue weighted by atomic mass is 10.1. The van der Waals surface area contributed by atoms with Crippen molar-refractivity contribution in [1.82, 2.24) is 0 Å². The first kappa shape index (κ1) is 53.1. The van der Waals surface area contributed by atoms with Crippen molar-refractivity contribution in [2.45, 2.75) is 226 Å². The molecule has 0 aliphatic rings. The first-order valence-corrected chi connectivity index (χ1v) is 23.3. The van der Waals surface area contributed by atoms with E-state index >= 15 is 0 Å². The van der Waals surface area contributed by atoms with Crippen molar-refractivity contribution >= 4 is 17.9 Å². The van der Waals surface area contributed by atoms with E-state index in [0.29, 0.717) is 19.3 Å². The van der Waals surface area contributed by atoms with Crippen molar-refractivity contribution in [2.24, 2.45) is 0 Å². The van der Waals surface area contributed by atoms with Crippen LogP contribution in [0, 0.1) is 0 Å². The maximum absolute atomic E-state index is 12.7. The van der Waals surface area contributed by atoms with Crippen LogP contribution in [0.2, 0.25) is 0 Å². The molecule has 0 amide bonds. The van der Waals surface area contributed by atoms with Gasteiger partial charge in [0.25, 0.3) is 0 Å². The van der Waals surface area contributed by atoms with E-state index in [1.807, 2.05) is 0 Å². The van der Waals surface area contributed by atoms with E-state index in [1.165, 1.54) is 89.9 Å². The van der Waals surface area contributed by atoms with Crippen LogP contribution in [-0.4, -0.2) is 37.2 Å². The van der Waals surface area contributed by atoms with E-state index in [4.69, 9.17) is 14.2 Å². The van der Waals surface area contributed by atoms with Crippen molar-refractivity contribution in [3.63, 3.8) is 0 Å². The molecule has 0 saturated heterocycles. The fraction of sp³-hybridized carbons (Fsp3) is 0.740. The van der Waals surface area contributed by atoms with Gasteiger partial charge in [0.05, 0.1) is 0 Å². The van der Waals surface area contributed by atoms with Gasteiger partial charge in [-0.3, -0.25) is 14.4 Å². The molecule has 6 nitrogen and oxygen atoms in total. The molecule has 0 aliphatic heterocycles. The molecule has 0 bridgehead atoms. The lowest BCUT2D eigenvalue weighted by Gasteiger charge is -2.18. The summed E-state index contributed by atoms with van der Waals surface area (Å²) in [5.41, 5.74) is 0. The molecule has 1 unspecified atom stereocenters. The van der Waals surface area contributed by atoms with Gasteiger partial charge in [-0.1, -0.05) is 197 Å². The smallest absolute Gasteiger partial charge is 0.306 e. The number of allylic oxidation sites excluding steroid dienone is 10. The Morgan fingerprint density at radius 1 is 0.393 bits per heavy atom. The third kappa shape index (κ3) is 42.3. The lowest BCUT2D eigenvalue weighted by molar-refractivity contribution is -0.167. The van der Waals surface area contributed by atoms with E-state index in [-0.39, 0.29) is 31.1 Å². The highest BCUT2D eigenvalue weighted by atomic mass is 16.6. The van der Waals surface area contributed by atoms with Crippen molar-refractivity contribution in [1.29, 1.82) is 0 Å². The minimum atomic E-state index is -0.779. The number of carbonyl (C=O) groups is 3. The number of unbranched alkanes of at least 4 members (excludes halogenated alkanes) is 22. The van der Waals surface area contributed by atoms with E-state index in [9.17, 15) is 14.4 Å². The second kappa shape index (κ2) is 44.8. The third-order valence-electron chi connectivity index (χ3n) is 9.83. The van der Waals surface area contributed by atoms with Crippen molar-refractivity contribution in [2.75, 3.05) is 13.2 Å². The summed E-state index contributed by atoms with van der Waals surface area (Å²) in [5.74, 6) is -0.905. The molecule has 0 aromatic heterocycles. The van der Waals surface area contributed by atoms with Crippen molar-refractivity contribution in [3.05, 3.63) is 60.8 Å². The summed E-state index contributed by atoms with van der Waals surface area (Å²) in [4.78, 5) is 37.7. The molecular formula is C50H86O6. The van der Waals surface area contributed by atoms with Gasteiger partial charge < -0.3 is 14.2 Å². The zero-order valence-electron chi connectivity index (χ0n) is 36.6. The fourth-order valence-corrected chi connectivity index (χ4v) is 6.36. The molecule has 0 spiro atoms. The molecule has 322 valence electrons. The average Bonchev–Trinajstić information content (AvgIpc) is 3.19. The zero-order valence-corrected chi connectivity index (χ0v) is 36.6. The van der Waals surface area contributed by atoms with Crippen LogP contribution in [0.5, 0.6) is 0 Å². The van der Waals surface area contributed by atoms with Crippen molar-refractivity contribution < 1.29 is 28.6 Å². The van der Waals surface area contributed by atoms with Gasteiger partial charge in [-0.2, -0.15) is 0 Å². The molecule has 0 heterocycles. The Kier molecular flexibility index (Phi) is 42.5. The number of rotatable bonds is 41. The van der Waals surface area contributed by atoms with Crippen LogP contribution < -0.4 is 0 Å². The van der Waals surface area contributed by atoms with Crippen LogP contribution >= 0.6 is 0 Å². The van der Waals surface area contributed by atoms with E-state index in [2.05, 4.69) is 81.5 Å². The van der Waals surface area contributed by atoms with Crippen molar-refractivity contribution in [3.8, 4) is 0 Å². The predicted octanol–water partition coefficient (Wildman–Crippen LogP) is 14.9. The number of hydrogen-bond acceptors (Lipinski definition) is 6. The average molecular weight is 783 g/mol. The van der Waals surface area contributed by atoms with Gasteiger partial charge in [-0.05, 0) is 64.2 Å². The SMILES string of the molecule is CC\C=C/C=C\C=C/CCCCCCCCCC(=O)OCC(COC(=O)CCCCCCCCCCC)OC(=O)CCCCCCCCC/C=C\C/C=C\CC. The summed E-state index contributed by atoms with van der Waals surface area (Å²) in [5, 5.41) is 0. The van der Waals surface area contributed by atoms with E-state index < -0.39 is 6.10 Å².